The van der Waals surface area contributed by atoms with Gasteiger partial charge in [0.15, 0.2) is 0 Å². The fraction of sp³-hybridized carbons (Fsp3) is 0.375. The van der Waals surface area contributed by atoms with Crippen molar-refractivity contribution in [3.8, 4) is 11.5 Å². The van der Waals surface area contributed by atoms with E-state index >= 15 is 0 Å². The summed E-state index contributed by atoms with van der Waals surface area (Å²) in [6.07, 6.45) is 5.29. The van der Waals surface area contributed by atoms with Gasteiger partial charge in [-0.25, -0.2) is 4.79 Å². The van der Waals surface area contributed by atoms with E-state index in [4.69, 9.17) is 14.2 Å². The summed E-state index contributed by atoms with van der Waals surface area (Å²) >= 11 is 0. The van der Waals surface area contributed by atoms with E-state index in [0.717, 1.165) is 28.0 Å². The van der Waals surface area contributed by atoms with Gasteiger partial charge in [0.2, 0.25) is 5.91 Å². The predicted octanol–water partition coefficient (Wildman–Crippen LogP) is 3.66. The Hall–Kier alpha value is -3.35. The number of nitrogens with one attached hydrogen (secondary N) is 1. The van der Waals surface area contributed by atoms with Crippen molar-refractivity contribution >= 4 is 11.9 Å². The van der Waals surface area contributed by atoms with Crippen LogP contribution in [0.4, 0.5) is 0 Å². The van der Waals surface area contributed by atoms with Crippen LogP contribution in [-0.2, 0) is 29.1 Å². The summed E-state index contributed by atoms with van der Waals surface area (Å²) in [4.78, 5) is 28.6. The minimum absolute atomic E-state index is 0.0234. The molecule has 0 aliphatic carbocycles. The molecule has 0 unspecified atom stereocenters. The molecule has 3 rings (SSSR count). The highest BCUT2D eigenvalue weighted by Crippen LogP contribution is 2.42. The van der Waals surface area contributed by atoms with Crippen LogP contribution in [0, 0.1) is 6.92 Å². The number of methoxy groups -OCH3 is 2. The number of pyridine rings is 1. The first-order chi connectivity index (χ1) is 15.0. The highest BCUT2D eigenvalue weighted by Gasteiger charge is 2.32. The number of hydrogen-bond donors (Lipinski definition) is 1. The minimum atomic E-state index is -0.371. The van der Waals surface area contributed by atoms with Crippen LogP contribution in [0.3, 0.4) is 0 Å². The number of fused-ring (bicyclic) bond motifs is 1. The van der Waals surface area contributed by atoms with Gasteiger partial charge in [0.25, 0.3) is 0 Å². The summed E-state index contributed by atoms with van der Waals surface area (Å²) in [6, 6.07) is 5.61. The van der Waals surface area contributed by atoms with Gasteiger partial charge in [0.05, 0.1) is 26.5 Å². The Balaban J connectivity index is 1.67. The van der Waals surface area contributed by atoms with Crippen molar-refractivity contribution in [2.45, 2.75) is 46.3 Å². The molecule has 0 radical (unpaired) electrons. The number of amides is 1. The van der Waals surface area contributed by atoms with E-state index in [9.17, 15) is 9.59 Å². The molecule has 1 N–H and O–H groups in total. The third-order valence-corrected chi connectivity index (χ3v) is 5.42. The molecule has 1 amide bonds. The highest BCUT2D eigenvalue weighted by atomic mass is 16.5. The van der Waals surface area contributed by atoms with Crippen molar-refractivity contribution in [1.29, 1.82) is 0 Å². The second kappa shape index (κ2) is 10.1. The molecule has 31 heavy (non-hydrogen) atoms. The maximum absolute atomic E-state index is 12.2. The lowest BCUT2D eigenvalue weighted by Crippen LogP contribution is -2.22. The number of allylic oxidation sites excluding steroid dienone is 2. The average molecular weight is 424 g/mol. The van der Waals surface area contributed by atoms with Gasteiger partial charge in [-0.1, -0.05) is 17.7 Å². The SMILES string of the molecule is COc1c(C)c2c(c(OC)c1C/C=C(\C)CCC(=O)NCc1ccccn1)C(=O)OC2. The van der Waals surface area contributed by atoms with E-state index in [2.05, 4.69) is 10.3 Å². The van der Waals surface area contributed by atoms with Gasteiger partial charge in [-0.05, 0) is 44.4 Å². The van der Waals surface area contributed by atoms with Crippen LogP contribution in [0.15, 0.2) is 36.0 Å². The molecule has 7 heteroatoms. The van der Waals surface area contributed by atoms with Gasteiger partial charge in [0, 0.05) is 23.7 Å². The van der Waals surface area contributed by atoms with Crippen molar-refractivity contribution in [1.82, 2.24) is 10.3 Å². The molecule has 1 aromatic carbocycles. The number of aromatic nitrogens is 1. The van der Waals surface area contributed by atoms with Crippen molar-refractivity contribution in [2.24, 2.45) is 0 Å². The maximum atomic E-state index is 12.2. The monoisotopic (exact) mass is 424 g/mol. The van der Waals surface area contributed by atoms with Crippen LogP contribution in [0.1, 0.15) is 52.5 Å². The Labute approximate surface area is 182 Å². The lowest BCUT2D eigenvalue weighted by Gasteiger charge is -2.18. The first kappa shape index (κ1) is 22.3. The molecular formula is C24H28N2O5. The Morgan fingerprint density at radius 3 is 2.68 bits per heavy atom. The zero-order valence-corrected chi connectivity index (χ0v) is 18.4. The summed E-state index contributed by atoms with van der Waals surface area (Å²) in [7, 11) is 3.15. The molecule has 2 aromatic rings. The predicted molar refractivity (Wildman–Crippen MR) is 116 cm³/mol. The molecule has 2 heterocycles. The van der Waals surface area contributed by atoms with Gasteiger partial charge in [0.1, 0.15) is 23.7 Å². The number of hydrogen-bond acceptors (Lipinski definition) is 6. The average Bonchev–Trinajstić information content (AvgIpc) is 3.17. The number of carbonyl (C=O) groups excluding carboxylic acids is 2. The molecule has 0 fully saturated rings. The zero-order chi connectivity index (χ0) is 22.4. The second-order valence-electron chi connectivity index (χ2n) is 7.45. The van der Waals surface area contributed by atoms with Crippen LogP contribution in [0.25, 0.3) is 0 Å². The van der Waals surface area contributed by atoms with Gasteiger partial charge < -0.3 is 19.5 Å². The number of ether oxygens (including phenoxy) is 3. The quantitative estimate of drug-likeness (QED) is 0.488. The zero-order valence-electron chi connectivity index (χ0n) is 18.4. The summed E-state index contributed by atoms with van der Waals surface area (Å²) in [5.41, 5.74) is 4.88. The van der Waals surface area contributed by atoms with Crippen LogP contribution in [0.2, 0.25) is 0 Å². The number of carbonyl (C=O) groups is 2. The van der Waals surface area contributed by atoms with Crippen LogP contribution < -0.4 is 14.8 Å². The molecule has 1 aliphatic heterocycles. The van der Waals surface area contributed by atoms with E-state index in [1.165, 1.54) is 0 Å². The summed E-state index contributed by atoms with van der Waals surface area (Å²) in [5, 5.41) is 2.89. The summed E-state index contributed by atoms with van der Waals surface area (Å²) in [6.45, 7) is 4.56. The molecule has 164 valence electrons. The topological polar surface area (TPSA) is 86.8 Å². The van der Waals surface area contributed by atoms with E-state index in [1.807, 2.05) is 38.1 Å². The normalized spacial score (nSPS) is 12.9. The molecule has 0 bridgehead atoms. The Kier molecular flexibility index (Phi) is 7.28. The highest BCUT2D eigenvalue weighted by molar-refractivity contribution is 5.98. The lowest BCUT2D eigenvalue weighted by molar-refractivity contribution is -0.121. The van der Waals surface area contributed by atoms with Crippen LogP contribution in [0.5, 0.6) is 11.5 Å². The maximum Gasteiger partial charge on any atom is 0.342 e. The molecule has 1 aromatic heterocycles. The number of nitrogens with zero attached hydrogens (tertiary/aromatic N) is 1. The fourth-order valence-corrected chi connectivity index (χ4v) is 3.70. The third kappa shape index (κ3) is 5.05. The van der Waals surface area contributed by atoms with E-state index in [0.29, 0.717) is 42.9 Å². The Morgan fingerprint density at radius 2 is 2.00 bits per heavy atom. The standard InChI is InChI=1S/C24H28N2O5/c1-15(9-11-20(27)26-13-17-7-5-6-12-25-17)8-10-18-22(29-3)16(2)19-14-31-24(28)21(19)23(18)30-4/h5-8,12H,9-11,13-14H2,1-4H3,(H,26,27)/b15-8+. The van der Waals surface area contributed by atoms with Crippen LogP contribution >= 0.6 is 0 Å². The number of rotatable bonds is 9. The number of benzene rings is 1. The molecule has 0 saturated carbocycles. The van der Waals surface area contributed by atoms with Crippen molar-refractivity contribution in [3.63, 3.8) is 0 Å². The van der Waals surface area contributed by atoms with Crippen molar-refractivity contribution in [3.05, 3.63) is 64.0 Å². The van der Waals surface area contributed by atoms with Gasteiger partial charge in [-0.3, -0.25) is 9.78 Å². The summed E-state index contributed by atoms with van der Waals surface area (Å²) in [5.74, 6) is 0.803. The van der Waals surface area contributed by atoms with Crippen LogP contribution in [-0.4, -0.2) is 31.1 Å². The largest absolute Gasteiger partial charge is 0.496 e. The first-order valence-electron chi connectivity index (χ1n) is 10.2. The Morgan fingerprint density at radius 1 is 1.23 bits per heavy atom. The molecule has 0 atom stereocenters. The number of cyclic esters (lactones) is 1. The first-order valence-corrected chi connectivity index (χ1v) is 10.2. The van der Waals surface area contributed by atoms with Gasteiger partial charge >= 0.3 is 5.97 Å². The van der Waals surface area contributed by atoms with Crippen molar-refractivity contribution in [2.75, 3.05) is 14.2 Å². The van der Waals surface area contributed by atoms with E-state index in [1.54, 1.807) is 20.4 Å². The number of esters is 1. The molecule has 0 saturated heterocycles. The second-order valence-corrected chi connectivity index (χ2v) is 7.45. The fourth-order valence-electron chi connectivity index (χ4n) is 3.70. The lowest BCUT2D eigenvalue weighted by atomic mass is 9.94. The van der Waals surface area contributed by atoms with E-state index < -0.39 is 0 Å². The minimum Gasteiger partial charge on any atom is -0.496 e. The van der Waals surface area contributed by atoms with Crippen molar-refractivity contribution < 1.29 is 23.8 Å². The van der Waals surface area contributed by atoms with E-state index in [-0.39, 0.29) is 18.5 Å². The summed E-state index contributed by atoms with van der Waals surface area (Å²) < 4.78 is 16.4. The van der Waals surface area contributed by atoms with Gasteiger partial charge in [-0.2, -0.15) is 0 Å². The molecular weight excluding hydrogens is 396 g/mol. The molecule has 1 aliphatic rings. The molecule has 7 nitrogen and oxygen atoms in total. The third-order valence-electron chi connectivity index (χ3n) is 5.42. The smallest absolute Gasteiger partial charge is 0.342 e. The Bertz CT molecular complexity index is 999. The van der Waals surface area contributed by atoms with Gasteiger partial charge in [-0.15, -0.1) is 0 Å². The molecule has 0 spiro atoms.